The molecule has 1 fully saturated rings. The summed E-state index contributed by atoms with van der Waals surface area (Å²) in [5, 5.41) is 5.50. The SMILES string of the molecule is COCCNC(=O)c1ccc2c(c1)N(C)[C@@H](CC(=O)N1CCNC(=O)C1)CO2. The van der Waals surface area contributed by atoms with E-state index in [4.69, 9.17) is 9.47 Å². The molecule has 3 amide bonds. The van der Waals surface area contributed by atoms with Gasteiger partial charge in [0.15, 0.2) is 0 Å². The Bertz CT molecular complexity index is 754. The number of piperazine rings is 1. The maximum atomic E-state index is 12.6. The molecular weight excluding hydrogens is 364 g/mol. The summed E-state index contributed by atoms with van der Waals surface area (Å²) in [6.07, 6.45) is 0.244. The van der Waals surface area contributed by atoms with Crippen molar-refractivity contribution in [3.63, 3.8) is 0 Å². The number of amides is 3. The quantitative estimate of drug-likeness (QED) is 0.642. The number of rotatable bonds is 6. The molecule has 0 saturated carbocycles. The number of carbonyl (C=O) groups is 3. The van der Waals surface area contributed by atoms with E-state index in [1.165, 1.54) is 0 Å². The zero-order chi connectivity index (χ0) is 20.1. The first-order valence-electron chi connectivity index (χ1n) is 9.31. The monoisotopic (exact) mass is 390 g/mol. The largest absolute Gasteiger partial charge is 0.489 e. The number of nitrogens with one attached hydrogen (secondary N) is 2. The lowest BCUT2D eigenvalue weighted by Crippen LogP contribution is -2.52. The lowest BCUT2D eigenvalue weighted by atomic mass is 10.1. The molecule has 0 unspecified atom stereocenters. The van der Waals surface area contributed by atoms with E-state index in [2.05, 4.69) is 10.6 Å². The van der Waals surface area contributed by atoms with Gasteiger partial charge in [0.1, 0.15) is 12.4 Å². The second kappa shape index (κ2) is 8.92. The minimum atomic E-state index is -0.189. The van der Waals surface area contributed by atoms with Gasteiger partial charge in [0.2, 0.25) is 11.8 Å². The summed E-state index contributed by atoms with van der Waals surface area (Å²) in [7, 11) is 3.46. The fourth-order valence-electron chi connectivity index (χ4n) is 3.30. The van der Waals surface area contributed by atoms with Crippen molar-refractivity contribution in [3.05, 3.63) is 23.8 Å². The third kappa shape index (κ3) is 4.53. The highest BCUT2D eigenvalue weighted by atomic mass is 16.5. The van der Waals surface area contributed by atoms with Crippen molar-refractivity contribution in [2.45, 2.75) is 12.5 Å². The van der Waals surface area contributed by atoms with Crippen LogP contribution in [0, 0.1) is 0 Å². The van der Waals surface area contributed by atoms with Crippen LogP contribution in [0.5, 0.6) is 5.75 Å². The van der Waals surface area contributed by atoms with Gasteiger partial charge in [0.25, 0.3) is 5.91 Å². The summed E-state index contributed by atoms with van der Waals surface area (Å²) < 4.78 is 10.7. The van der Waals surface area contributed by atoms with Crippen LogP contribution in [0.3, 0.4) is 0 Å². The topological polar surface area (TPSA) is 100 Å². The molecule has 0 bridgehead atoms. The Morgan fingerprint density at radius 1 is 1.39 bits per heavy atom. The molecule has 2 N–H and O–H groups in total. The van der Waals surface area contributed by atoms with E-state index in [1.807, 2.05) is 11.9 Å². The predicted octanol–water partition coefficient (Wildman–Crippen LogP) is -0.391. The van der Waals surface area contributed by atoms with Gasteiger partial charge in [-0.3, -0.25) is 14.4 Å². The first-order chi connectivity index (χ1) is 13.5. The molecule has 152 valence electrons. The van der Waals surface area contributed by atoms with E-state index in [0.717, 1.165) is 5.69 Å². The second-order valence-electron chi connectivity index (χ2n) is 6.88. The lowest BCUT2D eigenvalue weighted by molar-refractivity contribution is -0.138. The Labute approximate surface area is 163 Å². The Balaban J connectivity index is 1.66. The summed E-state index contributed by atoms with van der Waals surface area (Å²) in [6.45, 7) is 2.33. The van der Waals surface area contributed by atoms with Crippen molar-refractivity contribution in [3.8, 4) is 5.75 Å². The average Bonchev–Trinajstić information content (AvgIpc) is 2.70. The smallest absolute Gasteiger partial charge is 0.251 e. The molecule has 2 aliphatic rings. The first-order valence-corrected chi connectivity index (χ1v) is 9.31. The summed E-state index contributed by atoms with van der Waals surface area (Å²) in [4.78, 5) is 39.9. The van der Waals surface area contributed by atoms with Crippen LogP contribution in [0.1, 0.15) is 16.8 Å². The molecule has 28 heavy (non-hydrogen) atoms. The van der Waals surface area contributed by atoms with Gasteiger partial charge >= 0.3 is 0 Å². The fraction of sp³-hybridized carbons (Fsp3) is 0.526. The van der Waals surface area contributed by atoms with Gasteiger partial charge in [-0.2, -0.15) is 0 Å². The van der Waals surface area contributed by atoms with Crippen molar-refractivity contribution in [1.29, 1.82) is 0 Å². The minimum Gasteiger partial charge on any atom is -0.489 e. The Morgan fingerprint density at radius 2 is 2.21 bits per heavy atom. The van der Waals surface area contributed by atoms with Crippen LogP contribution in [0.4, 0.5) is 5.69 Å². The van der Waals surface area contributed by atoms with Crippen LogP contribution < -0.4 is 20.3 Å². The molecular formula is C19H26N4O5. The number of nitrogens with zero attached hydrogens (tertiary/aromatic N) is 2. The van der Waals surface area contributed by atoms with E-state index in [-0.39, 0.29) is 36.7 Å². The number of fused-ring (bicyclic) bond motifs is 1. The zero-order valence-corrected chi connectivity index (χ0v) is 16.2. The van der Waals surface area contributed by atoms with Crippen LogP contribution in [0.2, 0.25) is 0 Å². The van der Waals surface area contributed by atoms with Gasteiger partial charge in [-0.05, 0) is 18.2 Å². The van der Waals surface area contributed by atoms with Crippen LogP contribution in [0.25, 0.3) is 0 Å². The Kier molecular flexibility index (Phi) is 6.35. The van der Waals surface area contributed by atoms with Gasteiger partial charge in [-0.1, -0.05) is 0 Å². The van der Waals surface area contributed by atoms with Crippen molar-refractivity contribution in [2.75, 3.05) is 58.5 Å². The average molecular weight is 390 g/mol. The Hall–Kier alpha value is -2.81. The number of likely N-dealkylation sites (N-methyl/N-ethyl adjacent to an activating group) is 1. The summed E-state index contributed by atoms with van der Waals surface area (Å²) in [5.41, 5.74) is 1.28. The number of ether oxygens (including phenoxy) is 2. The number of hydrogen-bond acceptors (Lipinski definition) is 6. The first kappa shape index (κ1) is 19.9. The van der Waals surface area contributed by atoms with E-state index >= 15 is 0 Å². The van der Waals surface area contributed by atoms with Crippen molar-refractivity contribution in [2.24, 2.45) is 0 Å². The highest BCUT2D eigenvalue weighted by Gasteiger charge is 2.30. The van der Waals surface area contributed by atoms with E-state index < -0.39 is 0 Å². The highest BCUT2D eigenvalue weighted by Crippen LogP contribution is 2.34. The van der Waals surface area contributed by atoms with E-state index in [9.17, 15) is 14.4 Å². The van der Waals surface area contributed by atoms with E-state index in [1.54, 1.807) is 30.2 Å². The summed E-state index contributed by atoms with van der Waals surface area (Å²) >= 11 is 0. The van der Waals surface area contributed by atoms with E-state index in [0.29, 0.717) is 44.2 Å². The van der Waals surface area contributed by atoms with Crippen LogP contribution in [0.15, 0.2) is 18.2 Å². The fourth-order valence-corrected chi connectivity index (χ4v) is 3.30. The molecule has 0 aliphatic carbocycles. The Morgan fingerprint density at radius 3 is 2.96 bits per heavy atom. The maximum Gasteiger partial charge on any atom is 0.251 e. The molecule has 2 heterocycles. The predicted molar refractivity (Wildman–Crippen MR) is 103 cm³/mol. The van der Waals surface area contributed by atoms with Crippen molar-refractivity contribution < 1.29 is 23.9 Å². The lowest BCUT2D eigenvalue weighted by Gasteiger charge is -2.37. The second-order valence-corrected chi connectivity index (χ2v) is 6.88. The molecule has 9 heteroatoms. The summed E-state index contributed by atoms with van der Waals surface area (Å²) in [6, 6.07) is 5.08. The number of benzene rings is 1. The minimum absolute atomic E-state index is 0.0767. The standard InChI is InChI=1S/C19H26N4O5/c1-22-14(10-18(25)23-7-5-20-17(24)11-23)12-28-16-4-3-13(9-15(16)22)19(26)21-6-8-27-2/h3-4,9,14H,5-8,10-12H2,1-2H3,(H,20,24)(H,21,26)/t14-/m0/s1. The molecule has 0 aromatic heterocycles. The number of anilines is 1. The van der Waals surface area contributed by atoms with Crippen LogP contribution >= 0.6 is 0 Å². The van der Waals surface area contributed by atoms with Gasteiger partial charge in [-0.25, -0.2) is 0 Å². The van der Waals surface area contributed by atoms with Crippen molar-refractivity contribution in [1.82, 2.24) is 15.5 Å². The van der Waals surface area contributed by atoms with Gasteiger partial charge in [-0.15, -0.1) is 0 Å². The molecule has 0 radical (unpaired) electrons. The summed E-state index contributed by atoms with van der Waals surface area (Å²) in [5.74, 6) is 0.275. The molecule has 3 rings (SSSR count). The van der Waals surface area contributed by atoms with Crippen molar-refractivity contribution >= 4 is 23.4 Å². The number of hydrogen-bond donors (Lipinski definition) is 2. The molecule has 1 saturated heterocycles. The molecule has 1 aromatic carbocycles. The number of carbonyl (C=O) groups excluding carboxylic acids is 3. The normalized spacial score (nSPS) is 18.8. The van der Waals surface area contributed by atoms with Gasteiger partial charge in [0.05, 0.1) is 31.3 Å². The molecule has 1 atom stereocenters. The third-order valence-electron chi connectivity index (χ3n) is 4.97. The zero-order valence-electron chi connectivity index (χ0n) is 16.2. The molecule has 9 nitrogen and oxygen atoms in total. The van der Waals surface area contributed by atoms with Gasteiger partial charge in [0, 0.05) is 39.4 Å². The highest BCUT2D eigenvalue weighted by molar-refractivity contribution is 5.95. The maximum absolute atomic E-state index is 12.6. The van der Waals surface area contributed by atoms with Crippen LogP contribution in [-0.2, 0) is 14.3 Å². The number of methoxy groups -OCH3 is 1. The van der Waals surface area contributed by atoms with Gasteiger partial charge < -0.3 is 29.9 Å². The van der Waals surface area contributed by atoms with Crippen LogP contribution in [-0.4, -0.2) is 82.2 Å². The third-order valence-corrected chi connectivity index (χ3v) is 4.97. The molecule has 0 spiro atoms. The molecule has 1 aromatic rings. The molecule has 2 aliphatic heterocycles.